The Hall–Kier alpha value is -1.35. The fraction of sp³-hybridized carbons (Fsp3) is 0.385. The molecule has 1 N–H and O–H groups in total. The van der Waals surface area contributed by atoms with Crippen LogP contribution in [-0.2, 0) is 6.61 Å². The van der Waals surface area contributed by atoms with Crippen molar-refractivity contribution in [2.24, 2.45) is 0 Å². The number of hydrogen-bond acceptors (Lipinski definition) is 2. The van der Waals surface area contributed by atoms with Crippen LogP contribution in [0.4, 0.5) is 10.1 Å². The standard InChI is InChI=1S/C13H18FNO/c1-4-8-15(10(2)3)13-7-5-6-12(14)11(13)9-16/h4-7,10,16H,1,8-9H2,2-3H3. The Labute approximate surface area is 96.0 Å². The SMILES string of the molecule is C=CCN(c1cccc(F)c1CO)C(C)C. The first-order valence-electron chi connectivity index (χ1n) is 5.37. The summed E-state index contributed by atoms with van der Waals surface area (Å²) >= 11 is 0. The van der Waals surface area contributed by atoms with E-state index in [0.717, 1.165) is 5.69 Å². The van der Waals surface area contributed by atoms with Gasteiger partial charge in [-0.1, -0.05) is 12.1 Å². The molecule has 16 heavy (non-hydrogen) atoms. The van der Waals surface area contributed by atoms with Crippen LogP contribution in [0.5, 0.6) is 0 Å². The zero-order chi connectivity index (χ0) is 12.1. The molecule has 1 aromatic carbocycles. The van der Waals surface area contributed by atoms with Crippen molar-refractivity contribution in [3.8, 4) is 0 Å². The van der Waals surface area contributed by atoms with Crippen molar-refractivity contribution in [1.82, 2.24) is 0 Å². The van der Waals surface area contributed by atoms with Crippen LogP contribution in [0.1, 0.15) is 19.4 Å². The van der Waals surface area contributed by atoms with E-state index >= 15 is 0 Å². The summed E-state index contributed by atoms with van der Waals surface area (Å²) in [6.07, 6.45) is 1.77. The van der Waals surface area contributed by atoms with Crippen LogP contribution in [0.15, 0.2) is 30.9 Å². The molecule has 0 aliphatic rings. The number of aliphatic hydroxyl groups excluding tert-OH is 1. The third-order valence-electron chi connectivity index (χ3n) is 2.51. The molecule has 0 saturated carbocycles. The van der Waals surface area contributed by atoms with Gasteiger partial charge in [-0.05, 0) is 26.0 Å². The van der Waals surface area contributed by atoms with Gasteiger partial charge < -0.3 is 10.0 Å². The van der Waals surface area contributed by atoms with Crippen molar-refractivity contribution in [3.05, 3.63) is 42.2 Å². The molecule has 0 spiro atoms. The van der Waals surface area contributed by atoms with Gasteiger partial charge in [0.25, 0.3) is 0 Å². The minimum atomic E-state index is -0.366. The number of rotatable bonds is 5. The molecule has 88 valence electrons. The van der Waals surface area contributed by atoms with E-state index in [0.29, 0.717) is 12.1 Å². The number of halogens is 1. The van der Waals surface area contributed by atoms with Gasteiger partial charge in [-0.3, -0.25) is 0 Å². The van der Waals surface area contributed by atoms with E-state index in [4.69, 9.17) is 0 Å². The number of aliphatic hydroxyl groups is 1. The third kappa shape index (κ3) is 2.61. The lowest BCUT2D eigenvalue weighted by molar-refractivity contribution is 0.276. The van der Waals surface area contributed by atoms with Crippen LogP contribution in [0.3, 0.4) is 0 Å². The molecule has 0 unspecified atom stereocenters. The lowest BCUT2D eigenvalue weighted by Crippen LogP contribution is -2.31. The molecule has 0 aliphatic carbocycles. The van der Waals surface area contributed by atoms with Gasteiger partial charge in [0.2, 0.25) is 0 Å². The normalized spacial score (nSPS) is 10.6. The fourth-order valence-electron chi connectivity index (χ4n) is 1.70. The fourth-order valence-corrected chi connectivity index (χ4v) is 1.70. The molecule has 0 aromatic heterocycles. The Bertz CT molecular complexity index is 363. The van der Waals surface area contributed by atoms with Crippen LogP contribution >= 0.6 is 0 Å². The van der Waals surface area contributed by atoms with Gasteiger partial charge in [0.15, 0.2) is 0 Å². The van der Waals surface area contributed by atoms with Gasteiger partial charge in [-0.15, -0.1) is 6.58 Å². The van der Waals surface area contributed by atoms with Crippen molar-refractivity contribution in [1.29, 1.82) is 0 Å². The summed E-state index contributed by atoms with van der Waals surface area (Å²) < 4.78 is 13.5. The highest BCUT2D eigenvalue weighted by Crippen LogP contribution is 2.24. The summed E-state index contributed by atoms with van der Waals surface area (Å²) in [6, 6.07) is 5.06. The smallest absolute Gasteiger partial charge is 0.130 e. The average molecular weight is 223 g/mol. The van der Waals surface area contributed by atoms with E-state index in [9.17, 15) is 9.50 Å². The summed E-state index contributed by atoms with van der Waals surface area (Å²) in [5.41, 5.74) is 1.08. The van der Waals surface area contributed by atoms with Gasteiger partial charge >= 0.3 is 0 Å². The van der Waals surface area contributed by atoms with Crippen LogP contribution in [0.2, 0.25) is 0 Å². The van der Waals surface area contributed by atoms with Crippen LogP contribution in [-0.4, -0.2) is 17.7 Å². The van der Waals surface area contributed by atoms with Crippen molar-refractivity contribution in [3.63, 3.8) is 0 Å². The Balaban J connectivity index is 3.17. The quantitative estimate of drug-likeness (QED) is 0.776. The molecular weight excluding hydrogens is 205 g/mol. The zero-order valence-corrected chi connectivity index (χ0v) is 9.78. The molecule has 0 heterocycles. The molecule has 0 amide bonds. The first-order chi connectivity index (χ1) is 7.61. The molecule has 3 heteroatoms. The van der Waals surface area contributed by atoms with Gasteiger partial charge in [-0.25, -0.2) is 4.39 Å². The largest absolute Gasteiger partial charge is 0.391 e. The van der Waals surface area contributed by atoms with Gasteiger partial charge in [0, 0.05) is 23.8 Å². The second kappa shape index (κ2) is 5.66. The van der Waals surface area contributed by atoms with Gasteiger partial charge in [0.05, 0.1) is 6.61 Å². The van der Waals surface area contributed by atoms with Crippen LogP contribution < -0.4 is 4.90 Å². The monoisotopic (exact) mass is 223 g/mol. The molecule has 0 atom stereocenters. The van der Waals surface area contributed by atoms with Crippen molar-refractivity contribution in [2.45, 2.75) is 26.5 Å². The van der Waals surface area contributed by atoms with Crippen LogP contribution in [0, 0.1) is 5.82 Å². The summed E-state index contributed by atoms with van der Waals surface area (Å²) in [6.45, 7) is 8.08. The van der Waals surface area contributed by atoms with E-state index in [2.05, 4.69) is 6.58 Å². The zero-order valence-electron chi connectivity index (χ0n) is 9.78. The van der Waals surface area contributed by atoms with Gasteiger partial charge in [-0.2, -0.15) is 0 Å². The highest BCUT2D eigenvalue weighted by molar-refractivity contribution is 5.55. The second-order valence-corrected chi connectivity index (χ2v) is 3.93. The molecule has 0 fully saturated rings. The Morgan fingerprint density at radius 1 is 1.50 bits per heavy atom. The molecular formula is C13H18FNO. The number of hydrogen-bond donors (Lipinski definition) is 1. The van der Waals surface area contributed by atoms with Crippen molar-refractivity contribution in [2.75, 3.05) is 11.4 Å². The lowest BCUT2D eigenvalue weighted by Gasteiger charge is -2.29. The van der Waals surface area contributed by atoms with Crippen molar-refractivity contribution >= 4 is 5.69 Å². The first kappa shape index (κ1) is 12.7. The van der Waals surface area contributed by atoms with E-state index in [1.165, 1.54) is 6.07 Å². The molecule has 0 bridgehead atoms. The van der Waals surface area contributed by atoms with Crippen molar-refractivity contribution < 1.29 is 9.50 Å². The maximum atomic E-state index is 13.5. The molecule has 0 radical (unpaired) electrons. The maximum absolute atomic E-state index is 13.5. The molecule has 0 saturated heterocycles. The maximum Gasteiger partial charge on any atom is 0.130 e. The number of anilines is 1. The molecule has 2 nitrogen and oxygen atoms in total. The minimum absolute atomic E-state index is 0.227. The second-order valence-electron chi connectivity index (χ2n) is 3.93. The van der Waals surface area contributed by atoms with E-state index in [1.807, 2.05) is 24.8 Å². The molecule has 1 rings (SSSR count). The molecule has 1 aromatic rings. The third-order valence-corrected chi connectivity index (χ3v) is 2.51. The summed E-state index contributed by atoms with van der Waals surface area (Å²) in [5, 5.41) is 9.21. The molecule has 0 aliphatic heterocycles. The minimum Gasteiger partial charge on any atom is -0.391 e. The first-order valence-corrected chi connectivity index (χ1v) is 5.37. The predicted octanol–water partition coefficient (Wildman–Crippen LogP) is 2.72. The van der Waals surface area contributed by atoms with Crippen LogP contribution in [0.25, 0.3) is 0 Å². The van der Waals surface area contributed by atoms with E-state index < -0.39 is 0 Å². The highest BCUT2D eigenvalue weighted by Gasteiger charge is 2.15. The topological polar surface area (TPSA) is 23.5 Å². The lowest BCUT2D eigenvalue weighted by atomic mass is 10.1. The number of nitrogens with zero attached hydrogens (tertiary/aromatic N) is 1. The average Bonchev–Trinajstić information content (AvgIpc) is 2.25. The summed E-state index contributed by atoms with van der Waals surface area (Å²) in [5.74, 6) is -0.366. The highest BCUT2D eigenvalue weighted by atomic mass is 19.1. The predicted molar refractivity (Wildman–Crippen MR) is 65.0 cm³/mol. The van der Waals surface area contributed by atoms with Gasteiger partial charge in [0.1, 0.15) is 5.82 Å². The van der Waals surface area contributed by atoms with E-state index in [-0.39, 0.29) is 18.5 Å². The Morgan fingerprint density at radius 2 is 2.19 bits per heavy atom. The van der Waals surface area contributed by atoms with E-state index in [1.54, 1.807) is 12.1 Å². The Kier molecular flexibility index (Phi) is 4.50. The summed E-state index contributed by atoms with van der Waals surface area (Å²) in [7, 11) is 0. The summed E-state index contributed by atoms with van der Waals surface area (Å²) in [4.78, 5) is 2.00. The number of benzene rings is 1. The Morgan fingerprint density at radius 3 is 2.69 bits per heavy atom.